The first-order valence-corrected chi connectivity index (χ1v) is 9.80. The van der Waals surface area contributed by atoms with Crippen molar-refractivity contribution in [3.63, 3.8) is 0 Å². The number of benzene rings is 1. The molecule has 0 aromatic heterocycles. The summed E-state index contributed by atoms with van der Waals surface area (Å²) in [6.45, 7) is 9.37. The number of esters is 1. The third-order valence-corrected chi connectivity index (χ3v) is 4.74. The Kier molecular flexibility index (Phi) is 7.49. The summed E-state index contributed by atoms with van der Waals surface area (Å²) in [5, 5.41) is 6.53. The van der Waals surface area contributed by atoms with Crippen molar-refractivity contribution in [3.8, 4) is 0 Å². The SMILES string of the molecule is C=CCc1c(NC2CCC(NC(=O)OC(C)(C)C)CC2)cccc1C(=O)OC. The molecule has 154 valence electrons. The number of anilines is 1. The lowest BCUT2D eigenvalue weighted by Gasteiger charge is -2.31. The molecule has 0 saturated heterocycles. The van der Waals surface area contributed by atoms with E-state index in [4.69, 9.17) is 9.47 Å². The summed E-state index contributed by atoms with van der Waals surface area (Å²) in [4.78, 5) is 24.0. The van der Waals surface area contributed by atoms with Crippen LogP contribution in [0.15, 0.2) is 30.9 Å². The van der Waals surface area contributed by atoms with Crippen LogP contribution in [0.4, 0.5) is 10.5 Å². The summed E-state index contributed by atoms with van der Waals surface area (Å²) in [6.07, 6.45) is 5.63. The average Bonchev–Trinajstić information content (AvgIpc) is 2.62. The Hall–Kier alpha value is -2.50. The molecule has 1 aromatic rings. The second-order valence-electron chi connectivity index (χ2n) is 8.16. The van der Waals surface area contributed by atoms with Crippen LogP contribution in [-0.2, 0) is 15.9 Å². The van der Waals surface area contributed by atoms with E-state index < -0.39 is 5.60 Å². The van der Waals surface area contributed by atoms with Crippen molar-refractivity contribution in [2.24, 2.45) is 0 Å². The lowest BCUT2D eigenvalue weighted by atomic mass is 9.90. The summed E-state index contributed by atoms with van der Waals surface area (Å²) in [6, 6.07) is 6.03. The molecular weight excluding hydrogens is 356 g/mol. The van der Waals surface area contributed by atoms with Crippen LogP contribution in [0, 0.1) is 0 Å². The lowest BCUT2D eigenvalue weighted by molar-refractivity contribution is 0.0491. The molecule has 2 rings (SSSR count). The largest absolute Gasteiger partial charge is 0.465 e. The highest BCUT2D eigenvalue weighted by Crippen LogP contribution is 2.27. The van der Waals surface area contributed by atoms with Crippen LogP contribution in [0.3, 0.4) is 0 Å². The van der Waals surface area contributed by atoms with Crippen LogP contribution in [0.5, 0.6) is 0 Å². The number of amides is 1. The Labute approximate surface area is 167 Å². The maximum atomic E-state index is 12.1. The van der Waals surface area contributed by atoms with Crippen LogP contribution < -0.4 is 10.6 Å². The van der Waals surface area contributed by atoms with Gasteiger partial charge in [0.25, 0.3) is 0 Å². The van der Waals surface area contributed by atoms with Crippen molar-refractivity contribution < 1.29 is 19.1 Å². The number of rotatable bonds is 6. The molecule has 6 heteroatoms. The predicted molar refractivity (Wildman–Crippen MR) is 111 cm³/mol. The van der Waals surface area contributed by atoms with Gasteiger partial charge in [-0.15, -0.1) is 6.58 Å². The molecule has 0 atom stereocenters. The number of alkyl carbamates (subject to hydrolysis) is 1. The zero-order chi connectivity index (χ0) is 20.7. The van der Waals surface area contributed by atoms with Crippen molar-refractivity contribution in [1.82, 2.24) is 5.32 Å². The summed E-state index contributed by atoms with van der Waals surface area (Å²) < 4.78 is 10.2. The molecule has 0 heterocycles. The fourth-order valence-corrected chi connectivity index (χ4v) is 3.46. The fraction of sp³-hybridized carbons (Fsp3) is 0.545. The standard InChI is InChI=1S/C22H32N2O4/c1-6-8-17-18(20(25)27-5)9-7-10-19(17)23-15-11-13-16(14-12-15)24-21(26)28-22(2,3)4/h6-7,9-10,15-16,23H,1,8,11-14H2,2-5H3,(H,24,26). The molecule has 1 aliphatic carbocycles. The van der Waals surface area contributed by atoms with Crippen LogP contribution >= 0.6 is 0 Å². The first kappa shape index (κ1) is 21.8. The molecule has 0 radical (unpaired) electrons. The maximum Gasteiger partial charge on any atom is 0.407 e. The van der Waals surface area contributed by atoms with Crippen molar-refractivity contribution in [3.05, 3.63) is 42.0 Å². The number of hydrogen-bond acceptors (Lipinski definition) is 5. The van der Waals surface area contributed by atoms with Crippen molar-refractivity contribution in [1.29, 1.82) is 0 Å². The van der Waals surface area contributed by atoms with Gasteiger partial charge < -0.3 is 20.1 Å². The molecule has 1 amide bonds. The van der Waals surface area contributed by atoms with Crippen molar-refractivity contribution >= 4 is 17.7 Å². The highest BCUT2D eigenvalue weighted by atomic mass is 16.6. The maximum absolute atomic E-state index is 12.1. The highest BCUT2D eigenvalue weighted by Gasteiger charge is 2.25. The topological polar surface area (TPSA) is 76.7 Å². The van der Waals surface area contributed by atoms with E-state index in [9.17, 15) is 9.59 Å². The van der Waals surface area contributed by atoms with E-state index in [1.165, 1.54) is 7.11 Å². The van der Waals surface area contributed by atoms with Crippen LogP contribution in [0.1, 0.15) is 62.4 Å². The van der Waals surface area contributed by atoms with E-state index in [0.717, 1.165) is 36.9 Å². The van der Waals surface area contributed by atoms with Gasteiger partial charge in [0.1, 0.15) is 5.60 Å². The number of hydrogen-bond donors (Lipinski definition) is 2. The molecule has 1 saturated carbocycles. The van der Waals surface area contributed by atoms with Gasteiger partial charge in [0.15, 0.2) is 0 Å². The molecule has 0 spiro atoms. The number of allylic oxidation sites excluding steroid dienone is 1. The summed E-state index contributed by atoms with van der Waals surface area (Å²) in [5.74, 6) is -0.342. The van der Waals surface area contributed by atoms with E-state index in [-0.39, 0.29) is 24.1 Å². The summed E-state index contributed by atoms with van der Waals surface area (Å²) in [7, 11) is 1.39. The molecule has 2 N–H and O–H groups in total. The van der Waals surface area contributed by atoms with E-state index in [0.29, 0.717) is 12.0 Å². The number of carbonyl (C=O) groups excluding carboxylic acids is 2. The molecule has 0 aliphatic heterocycles. The fourth-order valence-electron chi connectivity index (χ4n) is 3.46. The Morgan fingerprint density at radius 2 is 1.82 bits per heavy atom. The number of methoxy groups -OCH3 is 1. The molecule has 28 heavy (non-hydrogen) atoms. The molecule has 6 nitrogen and oxygen atoms in total. The molecule has 1 aliphatic rings. The molecule has 0 bridgehead atoms. The summed E-state index contributed by atoms with van der Waals surface area (Å²) >= 11 is 0. The zero-order valence-electron chi connectivity index (χ0n) is 17.3. The van der Waals surface area contributed by atoms with Gasteiger partial charge >= 0.3 is 12.1 Å². The Morgan fingerprint density at radius 3 is 2.39 bits per heavy atom. The smallest absolute Gasteiger partial charge is 0.407 e. The second-order valence-corrected chi connectivity index (χ2v) is 8.16. The van der Waals surface area contributed by atoms with Gasteiger partial charge in [-0.1, -0.05) is 12.1 Å². The van der Waals surface area contributed by atoms with Gasteiger partial charge in [-0.2, -0.15) is 0 Å². The first-order valence-electron chi connectivity index (χ1n) is 9.80. The number of ether oxygens (including phenoxy) is 2. The van der Waals surface area contributed by atoms with Gasteiger partial charge in [-0.05, 0) is 70.6 Å². The van der Waals surface area contributed by atoms with Gasteiger partial charge in [0, 0.05) is 17.8 Å². The predicted octanol–water partition coefficient (Wildman–Crippen LogP) is 4.45. The minimum atomic E-state index is -0.491. The van der Waals surface area contributed by atoms with Gasteiger partial charge in [0.05, 0.1) is 12.7 Å². The van der Waals surface area contributed by atoms with Crippen LogP contribution in [0.25, 0.3) is 0 Å². The van der Waals surface area contributed by atoms with E-state index in [1.54, 1.807) is 12.1 Å². The van der Waals surface area contributed by atoms with Gasteiger partial charge in [0.2, 0.25) is 0 Å². The number of carbonyl (C=O) groups is 2. The van der Waals surface area contributed by atoms with Crippen molar-refractivity contribution in [2.45, 2.75) is 70.6 Å². The average molecular weight is 389 g/mol. The first-order chi connectivity index (χ1) is 13.2. The second kappa shape index (κ2) is 9.62. The third-order valence-electron chi connectivity index (χ3n) is 4.74. The third kappa shape index (κ3) is 6.29. The lowest BCUT2D eigenvalue weighted by Crippen LogP contribution is -2.42. The normalized spacial score (nSPS) is 19.4. The number of nitrogens with one attached hydrogen (secondary N) is 2. The Bertz CT molecular complexity index is 701. The minimum Gasteiger partial charge on any atom is -0.465 e. The van der Waals surface area contributed by atoms with Gasteiger partial charge in [-0.3, -0.25) is 0 Å². The summed E-state index contributed by atoms with van der Waals surface area (Å²) in [5.41, 5.74) is 1.91. The molecule has 1 aromatic carbocycles. The highest BCUT2D eigenvalue weighted by molar-refractivity contribution is 5.93. The van der Waals surface area contributed by atoms with E-state index in [2.05, 4.69) is 17.2 Å². The van der Waals surface area contributed by atoms with Gasteiger partial charge in [-0.25, -0.2) is 9.59 Å². The Morgan fingerprint density at radius 1 is 1.18 bits per heavy atom. The minimum absolute atomic E-state index is 0.127. The monoisotopic (exact) mass is 388 g/mol. The molecule has 1 fully saturated rings. The molecular formula is C22H32N2O4. The molecule has 0 unspecified atom stereocenters. The van der Waals surface area contributed by atoms with Crippen LogP contribution in [0.2, 0.25) is 0 Å². The Balaban J connectivity index is 1.96. The van der Waals surface area contributed by atoms with E-state index in [1.807, 2.05) is 32.9 Å². The van der Waals surface area contributed by atoms with E-state index >= 15 is 0 Å². The van der Waals surface area contributed by atoms with Crippen molar-refractivity contribution in [2.75, 3.05) is 12.4 Å². The van der Waals surface area contributed by atoms with Crippen LogP contribution in [-0.4, -0.2) is 36.9 Å². The zero-order valence-corrected chi connectivity index (χ0v) is 17.3. The quantitative estimate of drug-likeness (QED) is 0.556.